The van der Waals surface area contributed by atoms with E-state index >= 15 is 0 Å². The standard InChI is InChI=1S/C14H22N2O2/c15-7-3-9-18-13-5-1-4-12(10-13)11-16-8-2-6-14(16)17/h1,4-5,10,14,17H,2-3,6-9,11,15H2. The van der Waals surface area contributed by atoms with E-state index < -0.39 is 0 Å². The maximum atomic E-state index is 9.77. The largest absolute Gasteiger partial charge is 0.494 e. The van der Waals surface area contributed by atoms with Crippen LogP contribution in [0, 0.1) is 0 Å². The summed E-state index contributed by atoms with van der Waals surface area (Å²) in [5.74, 6) is 0.884. The lowest BCUT2D eigenvalue weighted by molar-refractivity contribution is 0.0328. The molecule has 0 aliphatic carbocycles. The van der Waals surface area contributed by atoms with Gasteiger partial charge in [-0.05, 0) is 43.5 Å². The van der Waals surface area contributed by atoms with E-state index in [4.69, 9.17) is 10.5 Å². The lowest BCUT2D eigenvalue weighted by Crippen LogP contribution is -2.28. The molecule has 0 radical (unpaired) electrons. The van der Waals surface area contributed by atoms with Crippen molar-refractivity contribution in [3.63, 3.8) is 0 Å². The van der Waals surface area contributed by atoms with Gasteiger partial charge in [0.25, 0.3) is 0 Å². The van der Waals surface area contributed by atoms with Crippen molar-refractivity contribution in [3.8, 4) is 5.75 Å². The van der Waals surface area contributed by atoms with Gasteiger partial charge in [-0.3, -0.25) is 4.90 Å². The molecule has 3 N–H and O–H groups in total. The Balaban J connectivity index is 1.90. The van der Waals surface area contributed by atoms with Gasteiger partial charge in [0.15, 0.2) is 0 Å². The molecule has 1 aliphatic heterocycles. The van der Waals surface area contributed by atoms with Gasteiger partial charge in [0.05, 0.1) is 6.61 Å². The average Bonchev–Trinajstić information content (AvgIpc) is 2.76. The lowest BCUT2D eigenvalue weighted by atomic mass is 10.2. The highest BCUT2D eigenvalue weighted by Gasteiger charge is 2.21. The molecule has 1 aromatic carbocycles. The number of rotatable bonds is 6. The zero-order valence-electron chi connectivity index (χ0n) is 10.7. The maximum Gasteiger partial charge on any atom is 0.119 e. The first-order chi connectivity index (χ1) is 8.79. The number of aliphatic hydroxyl groups is 1. The number of benzene rings is 1. The summed E-state index contributed by atoms with van der Waals surface area (Å²) in [7, 11) is 0. The molecule has 0 saturated carbocycles. The highest BCUT2D eigenvalue weighted by Crippen LogP contribution is 2.20. The molecule has 0 aromatic heterocycles. The van der Waals surface area contributed by atoms with Crippen LogP contribution < -0.4 is 10.5 Å². The number of hydrogen-bond donors (Lipinski definition) is 2. The molecule has 1 unspecified atom stereocenters. The van der Waals surface area contributed by atoms with Crippen LogP contribution in [-0.2, 0) is 6.54 Å². The molecule has 100 valence electrons. The molecule has 1 saturated heterocycles. The van der Waals surface area contributed by atoms with Gasteiger partial charge < -0.3 is 15.6 Å². The molecular formula is C14H22N2O2. The quantitative estimate of drug-likeness (QED) is 0.748. The minimum Gasteiger partial charge on any atom is -0.494 e. The number of aliphatic hydroxyl groups excluding tert-OH is 1. The molecule has 1 aromatic rings. The van der Waals surface area contributed by atoms with Crippen LogP contribution >= 0.6 is 0 Å². The molecule has 1 atom stereocenters. The van der Waals surface area contributed by atoms with Crippen LogP contribution in [0.3, 0.4) is 0 Å². The van der Waals surface area contributed by atoms with E-state index in [0.29, 0.717) is 13.2 Å². The first-order valence-electron chi connectivity index (χ1n) is 6.63. The van der Waals surface area contributed by atoms with E-state index in [-0.39, 0.29) is 6.23 Å². The second-order valence-electron chi connectivity index (χ2n) is 4.73. The Labute approximate surface area is 108 Å². The zero-order chi connectivity index (χ0) is 12.8. The van der Waals surface area contributed by atoms with Crippen molar-refractivity contribution in [2.75, 3.05) is 19.7 Å². The van der Waals surface area contributed by atoms with E-state index in [1.165, 1.54) is 5.56 Å². The van der Waals surface area contributed by atoms with Gasteiger partial charge in [0.2, 0.25) is 0 Å². The summed E-state index contributed by atoms with van der Waals surface area (Å²) in [6, 6.07) is 8.07. The second kappa shape index (κ2) is 6.73. The van der Waals surface area contributed by atoms with E-state index in [0.717, 1.165) is 38.1 Å². The SMILES string of the molecule is NCCCOc1cccc(CN2CCCC2O)c1. The third-order valence-corrected chi connectivity index (χ3v) is 3.23. The predicted octanol–water partition coefficient (Wildman–Crippen LogP) is 1.33. The summed E-state index contributed by atoms with van der Waals surface area (Å²) in [6.07, 6.45) is 2.54. The van der Waals surface area contributed by atoms with Crippen LogP contribution in [0.4, 0.5) is 0 Å². The first-order valence-corrected chi connectivity index (χ1v) is 6.63. The normalized spacial score (nSPS) is 20.2. The molecule has 1 heterocycles. The third-order valence-electron chi connectivity index (χ3n) is 3.23. The average molecular weight is 250 g/mol. The van der Waals surface area contributed by atoms with Crippen LogP contribution in [0.2, 0.25) is 0 Å². The molecule has 1 fully saturated rings. The van der Waals surface area contributed by atoms with E-state index in [1.54, 1.807) is 0 Å². The Morgan fingerprint density at radius 2 is 2.33 bits per heavy atom. The number of likely N-dealkylation sites (tertiary alicyclic amines) is 1. The van der Waals surface area contributed by atoms with Crippen LogP contribution in [0.25, 0.3) is 0 Å². The highest BCUT2D eigenvalue weighted by atomic mass is 16.5. The van der Waals surface area contributed by atoms with Gasteiger partial charge in [-0.15, -0.1) is 0 Å². The minimum atomic E-state index is -0.285. The molecule has 0 amide bonds. The van der Waals surface area contributed by atoms with E-state index in [1.807, 2.05) is 18.2 Å². The van der Waals surface area contributed by atoms with Gasteiger partial charge in [0.1, 0.15) is 12.0 Å². The smallest absolute Gasteiger partial charge is 0.119 e. The third kappa shape index (κ3) is 3.70. The predicted molar refractivity (Wildman–Crippen MR) is 71.3 cm³/mol. The van der Waals surface area contributed by atoms with Crippen molar-refractivity contribution in [1.82, 2.24) is 4.90 Å². The van der Waals surface area contributed by atoms with Crippen molar-refractivity contribution in [2.45, 2.75) is 32.0 Å². The summed E-state index contributed by atoms with van der Waals surface area (Å²) in [6.45, 7) is 3.07. The van der Waals surface area contributed by atoms with Crippen LogP contribution in [-0.4, -0.2) is 35.9 Å². The molecule has 4 nitrogen and oxygen atoms in total. The van der Waals surface area contributed by atoms with Gasteiger partial charge in [-0.25, -0.2) is 0 Å². The molecule has 4 heteroatoms. The molecule has 0 bridgehead atoms. The topological polar surface area (TPSA) is 58.7 Å². The summed E-state index contributed by atoms with van der Waals surface area (Å²) < 4.78 is 5.62. The van der Waals surface area contributed by atoms with Crippen molar-refractivity contribution in [2.24, 2.45) is 5.73 Å². The van der Waals surface area contributed by atoms with Crippen molar-refractivity contribution < 1.29 is 9.84 Å². The first kappa shape index (κ1) is 13.3. The summed E-state index contributed by atoms with van der Waals surface area (Å²) in [5.41, 5.74) is 6.61. The van der Waals surface area contributed by atoms with Gasteiger partial charge in [0, 0.05) is 13.1 Å². The fourth-order valence-corrected chi connectivity index (χ4v) is 2.23. The summed E-state index contributed by atoms with van der Waals surface area (Å²) >= 11 is 0. The number of nitrogens with zero attached hydrogens (tertiary/aromatic N) is 1. The maximum absolute atomic E-state index is 9.77. The van der Waals surface area contributed by atoms with E-state index in [2.05, 4.69) is 11.0 Å². The van der Waals surface area contributed by atoms with E-state index in [9.17, 15) is 5.11 Å². The summed E-state index contributed by atoms with van der Waals surface area (Å²) in [5, 5.41) is 9.77. The van der Waals surface area contributed by atoms with Gasteiger partial charge in [-0.1, -0.05) is 12.1 Å². The molecule has 18 heavy (non-hydrogen) atoms. The van der Waals surface area contributed by atoms with Crippen LogP contribution in [0.1, 0.15) is 24.8 Å². The van der Waals surface area contributed by atoms with Gasteiger partial charge >= 0.3 is 0 Å². The fraction of sp³-hybridized carbons (Fsp3) is 0.571. The monoisotopic (exact) mass is 250 g/mol. The van der Waals surface area contributed by atoms with Crippen LogP contribution in [0.5, 0.6) is 5.75 Å². The Kier molecular flexibility index (Phi) is 4.99. The van der Waals surface area contributed by atoms with Gasteiger partial charge in [-0.2, -0.15) is 0 Å². The Hall–Kier alpha value is -1.10. The fourth-order valence-electron chi connectivity index (χ4n) is 2.23. The Morgan fingerprint density at radius 3 is 3.06 bits per heavy atom. The minimum absolute atomic E-state index is 0.285. The molecular weight excluding hydrogens is 228 g/mol. The molecule has 1 aliphatic rings. The number of ether oxygens (including phenoxy) is 1. The second-order valence-corrected chi connectivity index (χ2v) is 4.73. The molecule has 2 rings (SSSR count). The Bertz CT molecular complexity index is 371. The molecule has 0 spiro atoms. The zero-order valence-corrected chi connectivity index (χ0v) is 10.7. The number of nitrogens with two attached hydrogens (primary N) is 1. The Morgan fingerprint density at radius 1 is 1.44 bits per heavy atom. The van der Waals surface area contributed by atoms with Crippen molar-refractivity contribution >= 4 is 0 Å². The van der Waals surface area contributed by atoms with Crippen LogP contribution in [0.15, 0.2) is 24.3 Å². The summed E-state index contributed by atoms with van der Waals surface area (Å²) in [4.78, 5) is 2.10. The highest BCUT2D eigenvalue weighted by molar-refractivity contribution is 5.28. The number of hydrogen-bond acceptors (Lipinski definition) is 4. The van der Waals surface area contributed by atoms with Crippen molar-refractivity contribution in [3.05, 3.63) is 29.8 Å². The lowest BCUT2D eigenvalue weighted by Gasteiger charge is -2.20. The van der Waals surface area contributed by atoms with Crippen molar-refractivity contribution in [1.29, 1.82) is 0 Å².